The summed E-state index contributed by atoms with van der Waals surface area (Å²) in [5, 5.41) is 0. The predicted octanol–water partition coefficient (Wildman–Crippen LogP) is 3.45. The van der Waals surface area contributed by atoms with Gasteiger partial charge in [0.05, 0.1) is 6.61 Å². The number of benzene rings is 2. The summed E-state index contributed by atoms with van der Waals surface area (Å²) in [5.41, 5.74) is 3.65. The van der Waals surface area contributed by atoms with Gasteiger partial charge in [-0.3, -0.25) is 0 Å². The average Bonchev–Trinajstić information content (AvgIpc) is 2.54. The van der Waals surface area contributed by atoms with Crippen molar-refractivity contribution in [2.45, 2.75) is 12.8 Å². The van der Waals surface area contributed by atoms with Gasteiger partial charge in [0.2, 0.25) is 0 Å². The number of ether oxygens (including phenoxy) is 3. The Balaban J connectivity index is 1.73. The Morgan fingerprint density at radius 1 is 0.650 bits per heavy atom. The van der Waals surface area contributed by atoms with Crippen LogP contribution in [0.5, 0.6) is 17.2 Å². The second kappa shape index (κ2) is 4.75. The third-order valence-corrected chi connectivity index (χ3v) is 3.78. The summed E-state index contributed by atoms with van der Waals surface area (Å²) in [4.78, 5) is 0. The molecule has 0 aromatic heterocycles. The first-order valence-electron chi connectivity index (χ1n) is 7.06. The van der Waals surface area contributed by atoms with E-state index in [1.54, 1.807) is 0 Å². The van der Waals surface area contributed by atoms with Crippen LogP contribution in [0.1, 0.15) is 12.0 Å². The summed E-state index contributed by atoms with van der Waals surface area (Å²) in [5.74, 6) is 2.70. The molecule has 2 aromatic rings. The maximum absolute atomic E-state index is 5.66. The minimum absolute atomic E-state index is 0.620. The minimum atomic E-state index is 0.620. The van der Waals surface area contributed by atoms with Crippen LogP contribution in [0, 0.1) is 0 Å². The summed E-state index contributed by atoms with van der Waals surface area (Å²) in [6.07, 6.45) is 2.19. The maximum atomic E-state index is 5.66. The van der Waals surface area contributed by atoms with Gasteiger partial charge < -0.3 is 14.2 Å². The summed E-state index contributed by atoms with van der Waals surface area (Å²) in [6.45, 7) is 2.08. The highest BCUT2D eigenvalue weighted by Gasteiger charge is 2.14. The summed E-state index contributed by atoms with van der Waals surface area (Å²) >= 11 is 0. The summed E-state index contributed by atoms with van der Waals surface area (Å²) < 4.78 is 16.9. The number of fused-ring (bicyclic) bond motifs is 2. The Labute approximate surface area is 118 Å². The van der Waals surface area contributed by atoms with Crippen LogP contribution in [-0.4, -0.2) is 19.8 Å². The molecule has 2 aliphatic heterocycles. The van der Waals surface area contributed by atoms with E-state index in [-0.39, 0.29) is 0 Å². The molecule has 0 radical (unpaired) electrons. The predicted molar refractivity (Wildman–Crippen MR) is 76.7 cm³/mol. The highest BCUT2D eigenvalue weighted by molar-refractivity contribution is 5.69. The average molecular weight is 268 g/mol. The van der Waals surface area contributed by atoms with Crippen LogP contribution >= 0.6 is 0 Å². The van der Waals surface area contributed by atoms with E-state index in [1.807, 2.05) is 6.07 Å². The number of aryl methyl sites for hydroxylation is 1. The zero-order chi connectivity index (χ0) is 13.4. The van der Waals surface area contributed by atoms with Gasteiger partial charge in [-0.1, -0.05) is 12.1 Å². The van der Waals surface area contributed by atoms with Crippen molar-refractivity contribution in [3.05, 3.63) is 42.0 Å². The summed E-state index contributed by atoms with van der Waals surface area (Å²) in [7, 11) is 0. The first kappa shape index (κ1) is 11.6. The zero-order valence-electron chi connectivity index (χ0n) is 11.2. The number of rotatable bonds is 1. The van der Waals surface area contributed by atoms with Gasteiger partial charge in [-0.25, -0.2) is 0 Å². The van der Waals surface area contributed by atoms with Gasteiger partial charge >= 0.3 is 0 Å². The third kappa shape index (κ3) is 1.99. The molecule has 0 aliphatic carbocycles. The molecule has 2 heterocycles. The van der Waals surface area contributed by atoms with E-state index >= 15 is 0 Å². The smallest absolute Gasteiger partial charge is 0.161 e. The zero-order valence-corrected chi connectivity index (χ0v) is 11.2. The Hall–Kier alpha value is -2.16. The number of hydrogen-bond acceptors (Lipinski definition) is 3. The topological polar surface area (TPSA) is 27.7 Å². The van der Waals surface area contributed by atoms with Gasteiger partial charge in [0.1, 0.15) is 19.0 Å². The van der Waals surface area contributed by atoms with Crippen LogP contribution in [0.4, 0.5) is 0 Å². The quantitative estimate of drug-likeness (QED) is 0.793. The molecule has 0 saturated carbocycles. The normalized spacial score (nSPS) is 16.2. The fourth-order valence-electron chi connectivity index (χ4n) is 2.76. The van der Waals surface area contributed by atoms with Gasteiger partial charge in [-0.05, 0) is 53.8 Å². The van der Waals surface area contributed by atoms with Crippen LogP contribution in [-0.2, 0) is 6.42 Å². The van der Waals surface area contributed by atoms with Crippen molar-refractivity contribution in [2.24, 2.45) is 0 Å². The van der Waals surface area contributed by atoms with Crippen molar-refractivity contribution >= 4 is 0 Å². The molecule has 0 N–H and O–H groups in total. The fourth-order valence-corrected chi connectivity index (χ4v) is 2.76. The lowest BCUT2D eigenvalue weighted by molar-refractivity contribution is 0.171. The highest BCUT2D eigenvalue weighted by Crippen LogP contribution is 2.36. The molecule has 2 aliphatic rings. The molecule has 3 nitrogen and oxygen atoms in total. The van der Waals surface area contributed by atoms with Crippen LogP contribution in [0.15, 0.2) is 36.4 Å². The fraction of sp³-hybridized carbons (Fsp3) is 0.294. The summed E-state index contributed by atoms with van der Waals surface area (Å²) in [6, 6.07) is 12.5. The second-order valence-corrected chi connectivity index (χ2v) is 5.13. The molecule has 0 bridgehead atoms. The molecular weight excluding hydrogens is 252 g/mol. The standard InChI is InChI=1S/C17H16O3/c1-2-14-10-12(3-5-15(14)18-7-1)13-4-6-16-17(11-13)20-9-8-19-16/h3-6,10-11H,1-2,7-9H2. The Kier molecular flexibility index (Phi) is 2.76. The highest BCUT2D eigenvalue weighted by atomic mass is 16.6. The van der Waals surface area contributed by atoms with E-state index < -0.39 is 0 Å². The van der Waals surface area contributed by atoms with Crippen LogP contribution < -0.4 is 14.2 Å². The molecule has 0 unspecified atom stereocenters. The van der Waals surface area contributed by atoms with Crippen molar-refractivity contribution in [3.8, 4) is 28.4 Å². The SMILES string of the molecule is c1cc2c(cc1-c1ccc3c(c1)OCCO3)CCCO2. The Morgan fingerprint density at radius 2 is 1.35 bits per heavy atom. The molecule has 0 atom stereocenters. The Morgan fingerprint density at radius 3 is 2.25 bits per heavy atom. The first-order valence-corrected chi connectivity index (χ1v) is 7.06. The molecule has 2 aromatic carbocycles. The Bertz CT molecular complexity index is 591. The molecule has 3 heteroatoms. The molecule has 0 saturated heterocycles. The lowest BCUT2D eigenvalue weighted by Gasteiger charge is -2.20. The molecular formula is C17H16O3. The maximum Gasteiger partial charge on any atom is 0.161 e. The molecule has 0 fully saturated rings. The van der Waals surface area contributed by atoms with E-state index in [0.29, 0.717) is 13.2 Å². The lowest BCUT2D eigenvalue weighted by Crippen LogP contribution is -2.15. The van der Waals surface area contributed by atoms with E-state index in [0.717, 1.165) is 42.3 Å². The molecule has 4 rings (SSSR count). The second-order valence-electron chi connectivity index (χ2n) is 5.13. The molecule has 102 valence electrons. The third-order valence-electron chi connectivity index (χ3n) is 3.78. The van der Waals surface area contributed by atoms with Crippen LogP contribution in [0.25, 0.3) is 11.1 Å². The van der Waals surface area contributed by atoms with Gasteiger partial charge in [-0.15, -0.1) is 0 Å². The van der Waals surface area contributed by atoms with Crippen molar-refractivity contribution < 1.29 is 14.2 Å². The molecule has 20 heavy (non-hydrogen) atoms. The largest absolute Gasteiger partial charge is 0.493 e. The van der Waals surface area contributed by atoms with Crippen LogP contribution in [0.2, 0.25) is 0 Å². The van der Waals surface area contributed by atoms with Gasteiger partial charge in [0.25, 0.3) is 0 Å². The molecule has 0 spiro atoms. The van der Waals surface area contributed by atoms with Gasteiger partial charge in [0.15, 0.2) is 11.5 Å². The monoisotopic (exact) mass is 268 g/mol. The van der Waals surface area contributed by atoms with Crippen molar-refractivity contribution in [2.75, 3.05) is 19.8 Å². The lowest BCUT2D eigenvalue weighted by atomic mass is 9.98. The van der Waals surface area contributed by atoms with Gasteiger partial charge in [-0.2, -0.15) is 0 Å². The van der Waals surface area contributed by atoms with E-state index in [1.165, 1.54) is 11.1 Å². The number of hydrogen-bond donors (Lipinski definition) is 0. The van der Waals surface area contributed by atoms with Crippen molar-refractivity contribution in [3.63, 3.8) is 0 Å². The van der Waals surface area contributed by atoms with E-state index in [9.17, 15) is 0 Å². The van der Waals surface area contributed by atoms with Crippen molar-refractivity contribution in [1.82, 2.24) is 0 Å². The molecule has 0 amide bonds. The van der Waals surface area contributed by atoms with Crippen LogP contribution in [0.3, 0.4) is 0 Å². The van der Waals surface area contributed by atoms with E-state index in [2.05, 4.69) is 30.3 Å². The van der Waals surface area contributed by atoms with Gasteiger partial charge in [0, 0.05) is 0 Å². The first-order chi connectivity index (χ1) is 9.90. The minimum Gasteiger partial charge on any atom is -0.493 e. The van der Waals surface area contributed by atoms with Crippen molar-refractivity contribution in [1.29, 1.82) is 0 Å². The van der Waals surface area contributed by atoms with E-state index in [4.69, 9.17) is 14.2 Å².